The van der Waals surface area contributed by atoms with E-state index in [-0.39, 0.29) is 17.6 Å². The lowest BCUT2D eigenvalue weighted by atomic mass is 9.95. The van der Waals surface area contributed by atoms with E-state index in [0.29, 0.717) is 23.7 Å². The molecule has 2 heterocycles. The first-order valence-corrected chi connectivity index (χ1v) is 10.2. The Morgan fingerprint density at radius 1 is 1.10 bits per heavy atom. The van der Waals surface area contributed by atoms with Crippen molar-refractivity contribution in [1.82, 2.24) is 4.98 Å². The fourth-order valence-electron chi connectivity index (χ4n) is 4.83. The molecule has 6 heteroatoms. The van der Waals surface area contributed by atoms with Gasteiger partial charge in [0, 0.05) is 29.3 Å². The summed E-state index contributed by atoms with van der Waals surface area (Å²) in [5.74, 6) is 1.42. The highest BCUT2D eigenvalue weighted by Gasteiger charge is 2.33. The molecule has 1 aromatic heterocycles. The Kier molecular flexibility index (Phi) is 4.32. The van der Waals surface area contributed by atoms with E-state index in [4.69, 9.17) is 9.47 Å². The van der Waals surface area contributed by atoms with Gasteiger partial charge in [-0.2, -0.15) is 0 Å². The topological polar surface area (TPSA) is 74.8 Å². The van der Waals surface area contributed by atoms with E-state index in [9.17, 15) is 9.90 Å². The molecule has 0 aliphatic carbocycles. The number of phenolic OH excluding ortho intramolecular Hbond substituents is 1. The summed E-state index contributed by atoms with van der Waals surface area (Å²) in [6.07, 6.45) is 0. The average molecular weight is 416 g/mol. The van der Waals surface area contributed by atoms with Gasteiger partial charge < -0.3 is 24.5 Å². The Balaban J connectivity index is 1.64. The lowest BCUT2D eigenvalue weighted by Crippen LogP contribution is -2.29. The van der Waals surface area contributed by atoms with Gasteiger partial charge >= 0.3 is 0 Å². The lowest BCUT2D eigenvalue weighted by Gasteiger charge is -2.17. The monoisotopic (exact) mass is 416 g/mol. The molecule has 1 aliphatic heterocycles. The molecule has 0 saturated carbocycles. The van der Waals surface area contributed by atoms with Crippen molar-refractivity contribution < 1.29 is 19.4 Å². The number of hydrogen-bond acceptors (Lipinski definition) is 4. The highest BCUT2D eigenvalue weighted by molar-refractivity contribution is 6.11. The van der Waals surface area contributed by atoms with Crippen molar-refractivity contribution >= 4 is 33.3 Å². The van der Waals surface area contributed by atoms with Gasteiger partial charge in [0.05, 0.1) is 25.4 Å². The third-order valence-corrected chi connectivity index (χ3v) is 6.18. The van der Waals surface area contributed by atoms with Crippen LogP contribution in [0, 0.1) is 6.92 Å². The van der Waals surface area contributed by atoms with E-state index in [1.807, 2.05) is 43.3 Å². The number of anilines is 1. The van der Waals surface area contributed by atoms with Crippen LogP contribution in [-0.2, 0) is 0 Å². The summed E-state index contributed by atoms with van der Waals surface area (Å²) in [5, 5.41) is 13.3. The number of H-pyrrole nitrogens is 1. The number of aromatic hydroxyl groups is 1. The van der Waals surface area contributed by atoms with Gasteiger partial charge in [-0.1, -0.05) is 31.2 Å². The summed E-state index contributed by atoms with van der Waals surface area (Å²) < 4.78 is 11.1. The maximum Gasteiger partial charge on any atom is 0.274 e. The Bertz CT molecular complexity index is 1360. The second kappa shape index (κ2) is 6.94. The third kappa shape index (κ3) is 2.75. The standard InChI is InChI=1S/C25H24N2O4/c1-13-9-15-10-18(26-22(15)24(31-4)23(13)30-3)25(29)27-12-14(2)21-17-8-6-5-7-16(17)20(28)11-19(21)27/h5-11,14,26,28H,12H2,1-4H3. The van der Waals surface area contributed by atoms with Gasteiger partial charge in [0.15, 0.2) is 11.5 Å². The Morgan fingerprint density at radius 2 is 1.81 bits per heavy atom. The van der Waals surface area contributed by atoms with Gasteiger partial charge in [-0.25, -0.2) is 0 Å². The molecule has 0 radical (unpaired) electrons. The summed E-state index contributed by atoms with van der Waals surface area (Å²) in [7, 11) is 3.19. The quantitative estimate of drug-likeness (QED) is 0.486. The first kappa shape index (κ1) is 19.3. The molecule has 3 aromatic carbocycles. The van der Waals surface area contributed by atoms with Gasteiger partial charge in [-0.05, 0) is 35.6 Å². The number of hydrogen-bond donors (Lipinski definition) is 2. The number of fused-ring (bicyclic) bond motifs is 4. The molecule has 6 nitrogen and oxygen atoms in total. The molecule has 158 valence electrons. The molecule has 0 spiro atoms. The van der Waals surface area contributed by atoms with Crippen molar-refractivity contribution in [3.63, 3.8) is 0 Å². The van der Waals surface area contributed by atoms with Crippen molar-refractivity contribution in [3.8, 4) is 17.2 Å². The summed E-state index contributed by atoms with van der Waals surface area (Å²) >= 11 is 0. The van der Waals surface area contributed by atoms with Crippen molar-refractivity contribution in [2.24, 2.45) is 0 Å². The van der Waals surface area contributed by atoms with Crippen LogP contribution in [0.3, 0.4) is 0 Å². The van der Waals surface area contributed by atoms with Gasteiger partial charge in [0.25, 0.3) is 5.91 Å². The van der Waals surface area contributed by atoms with E-state index >= 15 is 0 Å². The molecule has 5 rings (SSSR count). The van der Waals surface area contributed by atoms with Crippen LogP contribution in [0.4, 0.5) is 5.69 Å². The molecule has 0 saturated heterocycles. The van der Waals surface area contributed by atoms with Crippen LogP contribution in [0.25, 0.3) is 21.7 Å². The molecule has 2 N–H and O–H groups in total. The van der Waals surface area contributed by atoms with Crippen LogP contribution in [0.15, 0.2) is 42.5 Å². The third-order valence-electron chi connectivity index (χ3n) is 6.18. The number of nitrogens with zero attached hydrogens (tertiary/aromatic N) is 1. The number of aromatic nitrogens is 1. The number of rotatable bonds is 3. The lowest BCUT2D eigenvalue weighted by molar-refractivity contribution is 0.0984. The minimum atomic E-state index is -0.143. The minimum absolute atomic E-state index is 0.143. The van der Waals surface area contributed by atoms with Crippen molar-refractivity contribution in [1.29, 1.82) is 0 Å². The maximum atomic E-state index is 13.6. The molecule has 1 unspecified atom stereocenters. The first-order chi connectivity index (χ1) is 14.9. The smallest absolute Gasteiger partial charge is 0.274 e. The predicted octanol–water partition coefficient (Wildman–Crippen LogP) is 5.12. The first-order valence-electron chi connectivity index (χ1n) is 10.2. The van der Waals surface area contributed by atoms with Crippen LogP contribution < -0.4 is 14.4 Å². The number of carbonyl (C=O) groups is 1. The number of aromatic amines is 1. The van der Waals surface area contributed by atoms with Crippen LogP contribution in [0.1, 0.15) is 34.5 Å². The highest BCUT2D eigenvalue weighted by atomic mass is 16.5. The Hall–Kier alpha value is -3.67. The number of ether oxygens (including phenoxy) is 2. The van der Waals surface area contributed by atoms with Gasteiger partial charge in [0.2, 0.25) is 0 Å². The fraction of sp³-hybridized carbons (Fsp3) is 0.240. The second-order valence-corrected chi connectivity index (χ2v) is 8.10. The van der Waals surface area contributed by atoms with E-state index in [1.54, 1.807) is 25.2 Å². The number of carbonyl (C=O) groups excluding carboxylic acids is 1. The predicted molar refractivity (Wildman–Crippen MR) is 122 cm³/mol. The number of methoxy groups -OCH3 is 2. The second-order valence-electron chi connectivity index (χ2n) is 8.10. The van der Waals surface area contributed by atoms with Gasteiger partial charge in [-0.3, -0.25) is 4.79 Å². The molecule has 1 amide bonds. The van der Waals surface area contributed by atoms with Crippen molar-refractivity contribution in [2.45, 2.75) is 19.8 Å². The van der Waals surface area contributed by atoms with Crippen LogP contribution >= 0.6 is 0 Å². The Morgan fingerprint density at radius 3 is 2.52 bits per heavy atom. The van der Waals surface area contributed by atoms with Gasteiger partial charge in [0.1, 0.15) is 11.4 Å². The number of benzene rings is 3. The number of amides is 1. The molecular formula is C25H24N2O4. The van der Waals surface area contributed by atoms with Crippen molar-refractivity contribution in [2.75, 3.05) is 25.7 Å². The van der Waals surface area contributed by atoms with Crippen LogP contribution in [-0.4, -0.2) is 36.8 Å². The van der Waals surface area contributed by atoms with Crippen LogP contribution in [0.5, 0.6) is 17.2 Å². The maximum absolute atomic E-state index is 13.6. The van der Waals surface area contributed by atoms with Gasteiger partial charge in [-0.15, -0.1) is 0 Å². The molecule has 31 heavy (non-hydrogen) atoms. The summed E-state index contributed by atoms with van der Waals surface area (Å²) in [5.41, 5.74) is 3.97. The molecule has 4 aromatic rings. The van der Waals surface area contributed by atoms with E-state index < -0.39 is 0 Å². The largest absolute Gasteiger partial charge is 0.507 e. The SMILES string of the molecule is COc1c(C)cc2cc(C(=O)N3CC(C)c4c3cc(O)c3ccccc43)[nH]c2c1OC. The number of phenols is 1. The normalized spacial score (nSPS) is 15.5. The van der Waals surface area contributed by atoms with E-state index in [1.165, 1.54) is 0 Å². The average Bonchev–Trinajstić information content (AvgIpc) is 3.33. The minimum Gasteiger partial charge on any atom is -0.507 e. The molecule has 1 aliphatic rings. The molecule has 1 atom stereocenters. The zero-order valence-electron chi connectivity index (χ0n) is 17.9. The van der Waals surface area contributed by atoms with Crippen molar-refractivity contribution in [3.05, 3.63) is 59.3 Å². The zero-order valence-corrected chi connectivity index (χ0v) is 17.9. The molecule has 0 bridgehead atoms. The fourth-order valence-corrected chi connectivity index (χ4v) is 4.83. The van der Waals surface area contributed by atoms with E-state index in [2.05, 4.69) is 11.9 Å². The van der Waals surface area contributed by atoms with Crippen LogP contribution in [0.2, 0.25) is 0 Å². The Labute approximate surface area is 180 Å². The highest BCUT2D eigenvalue weighted by Crippen LogP contribution is 2.45. The summed E-state index contributed by atoms with van der Waals surface area (Å²) in [6.45, 7) is 4.61. The molecular weight excluding hydrogens is 392 g/mol. The zero-order chi connectivity index (χ0) is 21.9. The molecule has 0 fully saturated rings. The number of aryl methyl sites for hydroxylation is 1. The summed E-state index contributed by atoms with van der Waals surface area (Å²) in [6, 6.07) is 13.3. The summed E-state index contributed by atoms with van der Waals surface area (Å²) in [4.78, 5) is 18.5. The van der Waals surface area contributed by atoms with E-state index in [0.717, 1.165) is 38.5 Å². The number of nitrogens with one attached hydrogen (secondary N) is 1.